The zero-order valence-electron chi connectivity index (χ0n) is 9.72. The van der Waals surface area contributed by atoms with Crippen molar-refractivity contribution in [3.8, 4) is 0 Å². The summed E-state index contributed by atoms with van der Waals surface area (Å²) in [5.41, 5.74) is 4.79. The summed E-state index contributed by atoms with van der Waals surface area (Å²) in [6.45, 7) is 10.8. The van der Waals surface area contributed by atoms with Gasteiger partial charge in [0.2, 0.25) is 0 Å². The quantitative estimate of drug-likeness (QED) is 0.708. The summed E-state index contributed by atoms with van der Waals surface area (Å²) in [6.07, 6.45) is 1.83. The fourth-order valence-corrected chi connectivity index (χ4v) is 1.31. The van der Waals surface area contributed by atoms with Crippen LogP contribution in [0.25, 0.3) is 0 Å². The molecule has 0 bridgehead atoms. The maximum absolute atomic E-state index is 10.3. The fourth-order valence-electron chi connectivity index (χ4n) is 1.31. The number of rotatable bonds is 4. The molecule has 2 nitrogen and oxygen atoms in total. The fraction of sp³-hybridized carbons (Fsp3) is 1.00. The molecule has 0 heterocycles. The van der Waals surface area contributed by atoms with Crippen molar-refractivity contribution in [1.82, 2.24) is 0 Å². The minimum atomic E-state index is -0.711. The number of nitrogens with two attached hydrogens (primary N) is 1. The molecule has 1 unspecified atom stereocenters. The first-order valence-corrected chi connectivity index (χ1v) is 5.15. The standard InChI is InChI=1S/C11H25NO/c1-9(2)6-7-11(13,8-12)10(3,4)5/h9,13H,6-8,12H2,1-5H3. The van der Waals surface area contributed by atoms with Gasteiger partial charge >= 0.3 is 0 Å². The molecular weight excluding hydrogens is 162 g/mol. The normalized spacial score (nSPS) is 17.5. The van der Waals surface area contributed by atoms with Crippen LogP contribution in [0.4, 0.5) is 0 Å². The molecule has 0 rings (SSSR count). The Balaban J connectivity index is 4.29. The first-order chi connectivity index (χ1) is 5.73. The van der Waals surface area contributed by atoms with Gasteiger partial charge in [-0.25, -0.2) is 0 Å². The SMILES string of the molecule is CC(C)CCC(O)(CN)C(C)(C)C. The summed E-state index contributed by atoms with van der Waals surface area (Å²) < 4.78 is 0. The van der Waals surface area contributed by atoms with E-state index in [1.807, 2.05) is 20.8 Å². The van der Waals surface area contributed by atoms with Gasteiger partial charge in [0.25, 0.3) is 0 Å². The summed E-state index contributed by atoms with van der Waals surface area (Å²) in [5.74, 6) is 0.625. The summed E-state index contributed by atoms with van der Waals surface area (Å²) in [4.78, 5) is 0. The molecule has 0 aliphatic heterocycles. The highest BCUT2D eigenvalue weighted by Crippen LogP contribution is 2.34. The molecule has 0 saturated carbocycles. The summed E-state index contributed by atoms with van der Waals surface area (Å²) >= 11 is 0. The Bertz CT molecular complexity index is 149. The summed E-state index contributed by atoms with van der Waals surface area (Å²) in [5, 5.41) is 10.3. The third-order valence-electron chi connectivity index (χ3n) is 2.87. The van der Waals surface area contributed by atoms with Gasteiger partial charge in [-0.15, -0.1) is 0 Å². The lowest BCUT2D eigenvalue weighted by atomic mass is 9.73. The van der Waals surface area contributed by atoms with Crippen LogP contribution >= 0.6 is 0 Å². The predicted molar refractivity (Wildman–Crippen MR) is 57.5 cm³/mol. The van der Waals surface area contributed by atoms with Crippen LogP contribution in [0, 0.1) is 11.3 Å². The molecule has 0 amide bonds. The number of hydrogen-bond donors (Lipinski definition) is 2. The van der Waals surface area contributed by atoms with E-state index < -0.39 is 5.60 Å². The molecule has 13 heavy (non-hydrogen) atoms. The third-order valence-corrected chi connectivity index (χ3v) is 2.87. The van der Waals surface area contributed by atoms with E-state index in [-0.39, 0.29) is 5.41 Å². The van der Waals surface area contributed by atoms with E-state index in [1.165, 1.54) is 0 Å². The van der Waals surface area contributed by atoms with Crippen LogP contribution < -0.4 is 5.73 Å². The van der Waals surface area contributed by atoms with Crippen LogP contribution in [0.15, 0.2) is 0 Å². The third kappa shape index (κ3) is 3.65. The molecule has 0 aliphatic carbocycles. The Morgan fingerprint density at radius 1 is 1.23 bits per heavy atom. The van der Waals surface area contributed by atoms with E-state index in [0.29, 0.717) is 12.5 Å². The lowest BCUT2D eigenvalue weighted by Gasteiger charge is -2.40. The molecule has 2 heteroatoms. The Morgan fingerprint density at radius 3 is 1.92 bits per heavy atom. The van der Waals surface area contributed by atoms with Crippen LogP contribution in [0.1, 0.15) is 47.5 Å². The van der Waals surface area contributed by atoms with E-state index in [1.54, 1.807) is 0 Å². The van der Waals surface area contributed by atoms with Crippen LogP contribution in [0.2, 0.25) is 0 Å². The Morgan fingerprint density at radius 2 is 1.69 bits per heavy atom. The molecule has 0 aromatic heterocycles. The van der Waals surface area contributed by atoms with Crippen molar-refractivity contribution in [2.45, 2.75) is 53.1 Å². The topological polar surface area (TPSA) is 46.2 Å². The smallest absolute Gasteiger partial charge is 0.0817 e. The minimum absolute atomic E-state index is 0.128. The largest absolute Gasteiger partial charge is 0.388 e. The number of hydrogen-bond acceptors (Lipinski definition) is 2. The van der Waals surface area contributed by atoms with Gasteiger partial charge in [-0.1, -0.05) is 34.6 Å². The van der Waals surface area contributed by atoms with E-state index in [4.69, 9.17) is 5.73 Å². The highest BCUT2D eigenvalue weighted by Gasteiger charge is 2.38. The summed E-state index contributed by atoms with van der Waals surface area (Å²) in [6, 6.07) is 0. The van der Waals surface area contributed by atoms with Crippen LogP contribution in [-0.2, 0) is 0 Å². The first-order valence-electron chi connectivity index (χ1n) is 5.15. The molecule has 0 radical (unpaired) electrons. The van der Waals surface area contributed by atoms with Crippen molar-refractivity contribution in [2.75, 3.05) is 6.54 Å². The van der Waals surface area contributed by atoms with Crippen LogP contribution in [0.3, 0.4) is 0 Å². The Kier molecular flexibility index (Phi) is 4.40. The van der Waals surface area contributed by atoms with Gasteiger partial charge in [0.1, 0.15) is 0 Å². The van der Waals surface area contributed by atoms with Gasteiger partial charge < -0.3 is 10.8 Å². The van der Waals surface area contributed by atoms with Gasteiger partial charge in [0.15, 0.2) is 0 Å². The molecule has 0 spiro atoms. The zero-order valence-corrected chi connectivity index (χ0v) is 9.72. The maximum Gasteiger partial charge on any atom is 0.0817 e. The Hall–Kier alpha value is -0.0800. The molecule has 0 aliphatic rings. The van der Waals surface area contributed by atoms with Crippen LogP contribution in [0.5, 0.6) is 0 Å². The Labute approximate surface area is 82.5 Å². The van der Waals surface area contributed by atoms with Gasteiger partial charge in [-0.2, -0.15) is 0 Å². The van der Waals surface area contributed by atoms with Crippen molar-refractivity contribution >= 4 is 0 Å². The molecular formula is C11H25NO. The first kappa shape index (κ1) is 12.9. The summed E-state index contributed by atoms with van der Waals surface area (Å²) in [7, 11) is 0. The van der Waals surface area contributed by atoms with Crippen LogP contribution in [-0.4, -0.2) is 17.3 Å². The molecule has 80 valence electrons. The molecule has 0 aromatic rings. The van der Waals surface area contributed by atoms with Gasteiger partial charge in [0.05, 0.1) is 5.60 Å². The second kappa shape index (κ2) is 4.43. The molecule has 0 aromatic carbocycles. The lowest BCUT2D eigenvalue weighted by molar-refractivity contribution is -0.0595. The monoisotopic (exact) mass is 187 g/mol. The maximum atomic E-state index is 10.3. The van der Waals surface area contributed by atoms with Gasteiger partial charge in [0, 0.05) is 6.54 Å². The lowest BCUT2D eigenvalue weighted by Crippen LogP contribution is -2.49. The molecule has 1 atom stereocenters. The van der Waals surface area contributed by atoms with Gasteiger partial charge in [-0.05, 0) is 24.2 Å². The van der Waals surface area contributed by atoms with E-state index in [0.717, 1.165) is 12.8 Å². The minimum Gasteiger partial charge on any atom is -0.388 e. The molecule has 3 N–H and O–H groups in total. The van der Waals surface area contributed by atoms with E-state index >= 15 is 0 Å². The van der Waals surface area contributed by atoms with Crippen molar-refractivity contribution in [1.29, 1.82) is 0 Å². The second-order valence-corrected chi connectivity index (χ2v) is 5.42. The van der Waals surface area contributed by atoms with Crippen molar-refractivity contribution < 1.29 is 5.11 Å². The highest BCUT2D eigenvalue weighted by molar-refractivity contribution is 4.91. The second-order valence-electron chi connectivity index (χ2n) is 5.42. The number of aliphatic hydroxyl groups is 1. The van der Waals surface area contributed by atoms with E-state index in [2.05, 4.69) is 13.8 Å². The highest BCUT2D eigenvalue weighted by atomic mass is 16.3. The average Bonchev–Trinajstić information content (AvgIpc) is 1.98. The van der Waals surface area contributed by atoms with Crippen molar-refractivity contribution in [2.24, 2.45) is 17.1 Å². The van der Waals surface area contributed by atoms with Crippen molar-refractivity contribution in [3.63, 3.8) is 0 Å². The molecule has 0 saturated heterocycles. The average molecular weight is 187 g/mol. The van der Waals surface area contributed by atoms with Crippen molar-refractivity contribution in [3.05, 3.63) is 0 Å². The molecule has 0 fully saturated rings. The van der Waals surface area contributed by atoms with E-state index in [9.17, 15) is 5.11 Å². The van der Waals surface area contributed by atoms with Gasteiger partial charge in [-0.3, -0.25) is 0 Å². The zero-order chi connectivity index (χ0) is 10.7. The predicted octanol–water partition coefficient (Wildman–Crippen LogP) is 2.16.